The monoisotopic (exact) mass is 277 g/mol. The summed E-state index contributed by atoms with van der Waals surface area (Å²) in [6.45, 7) is 1.27. The van der Waals surface area contributed by atoms with Crippen molar-refractivity contribution in [3.8, 4) is 0 Å². The van der Waals surface area contributed by atoms with Crippen LogP contribution in [0.5, 0.6) is 0 Å². The molecule has 0 fully saturated rings. The Morgan fingerprint density at radius 3 is 2.74 bits per heavy atom. The summed E-state index contributed by atoms with van der Waals surface area (Å²) in [5.74, 6) is -0.631. The Labute approximate surface area is 116 Å². The van der Waals surface area contributed by atoms with Gasteiger partial charge in [-0.05, 0) is 24.6 Å². The molecule has 0 unspecified atom stereocenters. The molecule has 3 N–H and O–H groups in total. The third-order valence-corrected chi connectivity index (χ3v) is 3.68. The van der Waals surface area contributed by atoms with Gasteiger partial charge < -0.3 is 5.73 Å². The number of hydrogen-bond donors (Lipinski definition) is 2. The van der Waals surface area contributed by atoms with Crippen LogP contribution in [0.25, 0.3) is 0 Å². The third kappa shape index (κ3) is 3.39. The molecule has 0 atom stereocenters. The Balaban J connectivity index is 2.10. The van der Waals surface area contributed by atoms with Gasteiger partial charge in [-0.2, -0.15) is 0 Å². The largest absolute Gasteiger partial charge is 0.384 e. The maximum atomic E-state index is 14.1. The number of halogens is 1. The molecule has 0 amide bonds. The van der Waals surface area contributed by atoms with Crippen molar-refractivity contribution in [3.63, 3.8) is 0 Å². The van der Waals surface area contributed by atoms with E-state index in [9.17, 15) is 4.39 Å². The van der Waals surface area contributed by atoms with E-state index in [1.54, 1.807) is 23.5 Å². The van der Waals surface area contributed by atoms with Gasteiger partial charge in [0, 0.05) is 23.5 Å². The molecule has 0 aliphatic heterocycles. The Morgan fingerprint density at radius 1 is 1.32 bits per heavy atom. The SMILES string of the molecule is CN(Cc1cccs1)Cc1cccc(C(=N)N)c1F. The van der Waals surface area contributed by atoms with Crippen LogP contribution >= 0.6 is 11.3 Å². The van der Waals surface area contributed by atoms with E-state index in [2.05, 4.69) is 6.07 Å². The van der Waals surface area contributed by atoms with Crippen LogP contribution in [0.1, 0.15) is 16.0 Å². The van der Waals surface area contributed by atoms with E-state index in [0.717, 1.165) is 6.54 Å². The summed E-state index contributed by atoms with van der Waals surface area (Å²) in [4.78, 5) is 3.28. The van der Waals surface area contributed by atoms with Crippen LogP contribution in [0.2, 0.25) is 0 Å². The van der Waals surface area contributed by atoms with Crippen molar-refractivity contribution in [1.82, 2.24) is 4.90 Å². The van der Waals surface area contributed by atoms with E-state index in [0.29, 0.717) is 12.1 Å². The summed E-state index contributed by atoms with van der Waals surface area (Å²) in [6, 6.07) is 9.05. The topological polar surface area (TPSA) is 53.1 Å². The lowest BCUT2D eigenvalue weighted by Crippen LogP contribution is -2.19. The smallest absolute Gasteiger partial charge is 0.138 e. The number of hydrogen-bond acceptors (Lipinski definition) is 3. The lowest BCUT2D eigenvalue weighted by atomic mass is 10.1. The molecular formula is C14H16FN3S. The number of benzene rings is 1. The number of nitrogens with one attached hydrogen (secondary N) is 1. The van der Waals surface area contributed by atoms with Gasteiger partial charge in [0.25, 0.3) is 0 Å². The molecule has 0 saturated heterocycles. The van der Waals surface area contributed by atoms with Gasteiger partial charge in [-0.25, -0.2) is 4.39 Å². The molecule has 0 spiro atoms. The quantitative estimate of drug-likeness (QED) is 0.652. The Kier molecular flexibility index (Phi) is 4.29. The highest BCUT2D eigenvalue weighted by atomic mass is 32.1. The molecule has 0 aliphatic rings. The molecular weight excluding hydrogens is 261 g/mol. The average molecular weight is 277 g/mol. The van der Waals surface area contributed by atoms with Gasteiger partial charge in [0.1, 0.15) is 11.7 Å². The van der Waals surface area contributed by atoms with Crippen LogP contribution in [0.15, 0.2) is 35.7 Å². The Hall–Kier alpha value is -1.72. The second kappa shape index (κ2) is 5.95. The van der Waals surface area contributed by atoms with Crippen molar-refractivity contribution >= 4 is 17.2 Å². The first kappa shape index (κ1) is 13.7. The van der Waals surface area contributed by atoms with Gasteiger partial charge in [-0.15, -0.1) is 11.3 Å². The molecule has 0 radical (unpaired) electrons. The highest BCUT2D eigenvalue weighted by Gasteiger charge is 2.12. The van der Waals surface area contributed by atoms with Gasteiger partial charge in [0.2, 0.25) is 0 Å². The first-order chi connectivity index (χ1) is 9.08. The van der Waals surface area contributed by atoms with Crippen molar-refractivity contribution in [2.45, 2.75) is 13.1 Å². The second-order valence-corrected chi connectivity index (χ2v) is 5.48. The van der Waals surface area contributed by atoms with Gasteiger partial charge in [0.15, 0.2) is 0 Å². The number of nitrogens with zero attached hydrogens (tertiary/aromatic N) is 1. The predicted octanol–water partition coefficient (Wildman–Crippen LogP) is 2.80. The summed E-state index contributed by atoms with van der Waals surface area (Å²) in [5.41, 5.74) is 6.09. The lowest BCUT2D eigenvalue weighted by Gasteiger charge is -2.17. The first-order valence-electron chi connectivity index (χ1n) is 5.90. The normalized spacial score (nSPS) is 10.9. The van der Waals surface area contributed by atoms with Crippen LogP contribution in [0.3, 0.4) is 0 Å². The maximum absolute atomic E-state index is 14.1. The van der Waals surface area contributed by atoms with E-state index < -0.39 is 5.82 Å². The average Bonchev–Trinajstić information content (AvgIpc) is 2.84. The zero-order chi connectivity index (χ0) is 13.8. The number of nitrogens with two attached hydrogens (primary N) is 1. The highest BCUT2D eigenvalue weighted by molar-refractivity contribution is 7.09. The minimum absolute atomic E-state index is 0.169. The predicted molar refractivity (Wildman–Crippen MR) is 76.9 cm³/mol. The fourth-order valence-electron chi connectivity index (χ4n) is 1.93. The van der Waals surface area contributed by atoms with E-state index in [4.69, 9.17) is 11.1 Å². The maximum Gasteiger partial charge on any atom is 0.138 e. The molecule has 19 heavy (non-hydrogen) atoms. The number of amidine groups is 1. The highest BCUT2D eigenvalue weighted by Crippen LogP contribution is 2.17. The van der Waals surface area contributed by atoms with Gasteiger partial charge >= 0.3 is 0 Å². The summed E-state index contributed by atoms with van der Waals surface area (Å²) < 4.78 is 14.1. The summed E-state index contributed by atoms with van der Waals surface area (Å²) >= 11 is 1.68. The van der Waals surface area contributed by atoms with Crippen molar-refractivity contribution in [2.24, 2.45) is 5.73 Å². The number of rotatable bonds is 5. The minimum Gasteiger partial charge on any atom is -0.384 e. The second-order valence-electron chi connectivity index (χ2n) is 4.44. The Morgan fingerprint density at radius 2 is 2.11 bits per heavy atom. The van der Waals surface area contributed by atoms with Crippen LogP contribution in [0, 0.1) is 11.2 Å². The standard InChI is InChI=1S/C14H16FN3S/c1-18(9-11-5-3-7-19-11)8-10-4-2-6-12(13(10)15)14(16)17/h2-7H,8-9H2,1H3,(H3,16,17). The molecule has 1 aromatic carbocycles. The zero-order valence-corrected chi connectivity index (χ0v) is 11.5. The van der Waals surface area contributed by atoms with Crippen molar-refractivity contribution in [1.29, 1.82) is 5.41 Å². The fourth-order valence-corrected chi connectivity index (χ4v) is 2.71. The van der Waals surface area contributed by atoms with Crippen LogP contribution in [-0.2, 0) is 13.1 Å². The summed E-state index contributed by atoms with van der Waals surface area (Å²) in [7, 11) is 1.94. The fraction of sp³-hybridized carbons (Fsp3) is 0.214. The minimum atomic E-state index is -0.395. The van der Waals surface area contributed by atoms with Crippen molar-refractivity contribution in [2.75, 3.05) is 7.05 Å². The van der Waals surface area contributed by atoms with E-state index in [1.165, 1.54) is 10.9 Å². The van der Waals surface area contributed by atoms with E-state index in [1.807, 2.05) is 23.4 Å². The molecule has 1 aromatic heterocycles. The van der Waals surface area contributed by atoms with Gasteiger partial charge in [0.05, 0.1) is 5.56 Å². The third-order valence-electron chi connectivity index (χ3n) is 2.81. The zero-order valence-electron chi connectivity index (χ0n) is 10.7. The molecule has 3 nitrogen and oxygen atoms in total. The van der Waals surface area contributed by atoms with Gasteiger partial charge in [-0.3, -0.25) is 10.3 Å². The molecule has 0 bridgehead atoms. The van der Waals surface area contributed by atoms with Crippen LogP contribution in [-0.4, -0.2) is 17.8 Å². The lowest BCUT2D eigenvalue weighted by molar-refractivity contribution is 0.316. The summed E-state index contributed by atoms with van der Waals surface area (Å²) in [5, 5.41) is 9.37. The number of nitrogen functional groups attached to an aromatic ring is 1. The van der Waals surface area contributed by atoms with Crippen LogP contribution < -0.4 is 5.73 Å². The molecule has 2 aromatic rings. The van der Waals surface area contributed by atoms with Crippen molar-refractivity contribution < 1.29 is 4.39 Å². The molecule has 2 rings (SSSR count). The van der Waals surface area contributed by atoms with E-state index in [-0.39, 0.29) is 11.4 Å². The van der Waals surface area contributed by atoms with Crippen molar-refractivity contribution in [3.05, 3.63) is 57.5 Å². The molecule has 100 valence electrons. The summed E-state index contributed by atoms with van der Waals surface area (Å²) in [6.07, 6.45) is 0. The molecule has 5 heteroatoms. The molecule has 0 saturated carbocycles. The molecule has 0 aliphatic carbocycles. The molecule has 1 heterocycles. The number of thiophene rings is 1. The van der Waals surface area contributed by atoms with Crippen LogP contribution in [0.4, 0.5) is 4.39 Å². The van der Waals surface area contributed by atoms with Gasteiger partial charge in [-0.1, -0.05) is 18.2 Å². The first-order valence-corrected chi connectivity index (χ1v) is 6.78. The Bertz CT molecular complexity index is 566. The van der Waals surface area contributed by atoms with E-state index >= 15 is 0 Å².